The van der Waals surface area contributed by atoms with Crippen molar-refractivity contribution in [3.63, 3.8) is 0 Å². The minimum atomic E-state index is -0.335. The lowest BCUT2D eigenvalue weighted by Gasteiger charge is -2.22. The van der Waals surface area contributed by atoms with Gasteiger partial charge in [-0.15, -0.1) is 5.11 Å². The molecule has 0 fully saturated rings. The Kier molecular flexibility index (Phi) is 5.85. The minimum Gasteiger partial charge on any atom is -0.486 e. The molecule has 0 aliphatic heterocycles. The summed E-state index contributed by atoms with van der Waals surface area (Å²) in [6, 6.07) is 29.2. The Bertz CT molecular complexity index is 1220. The molecule has 0 aliphatic rings. The Morgan fingerprint density at radius 3 is 1.74 bits per heavy atom. The van der Waals surface area contributed by atoms with Crippen molar-refractivity contribution in [1.29, 1.82) is 0 Å². The summed E-state index contributed by atoms with van der Waals surface area (Å²) in [4.78, 5) is 0. The molecule has 0 atom stereocenters. The van der Waals surface area contributed by atoms with Crippen LogP contribution in [0.2, 0.25) is 0 Å². The van der Waals surface area contributed by atoms with Crippen molar-refractivity contribution in [3.8, 4) is 5.75 Å². The fraction of sp³-hybridized carbons (Fsp3) is 0.154. The molecule has 0 N–H and O–H groups in total. The van der Waals surface area contributed by atoms with Gasteiger partial charge in [-0.25, -0.2) is 0 Å². The molecule has 0 spiro atoms. The van der Waals surface area contributed by atoms with Crippen molar-refractivity contribution in [2.75, 3.05) is 0 Å². The second-order valence-electron chi connectivity index (χ2n) is 8.10. The van der Waals surface area contributed by atoms with E-state index < -0.39 is 0 Å². The van der Waals surface area contributed by atoms with Crippen molar-refractivity contribution in [3.05, 3.63) is 91.0 Å². The third kappa shape index (κ3) is 5.39. The molecule has 0 heterocycles. The van der Waals surface area contributed by atoms with Crippen LogP contribution in [0.15, 0.2) is 111 Å². The number of hydrogen-bond donors (Lipinski definition) is 0. The summed E-state index contributed by atoms with van der Waals surface area (Å²) in [7, 11) is 0. The predicted octanol–water partition coefficient (Wildman–Crippen LogP) is 8.85. The highest BCUT2D eigenvalue weighted by atomic mass is 16.5. The Morgan fingerprint density at radius 1 is 0.548 bits per heavy atom. The lowest BCUT2D eigenvalue weighted by atomic mass is 10.1. The zero-order valence-electron chi connectivity index (χ0n) is 17.9. The van der Waals surface area contributed by atoms with Gasteiger partial charge in [-0.2, -0.15) is 15.3 Å². The van der Waals surface area contributed by atoms with E-state index in [-0.39, 0.29) is 5.60 Å². The van der Waals surface area contributed by atoms with Gasteiger partial charge in [0.15, 0.2) is 0 Å². The van der Waals surface area contributed by atoms with E-state index in [9.17, 15) is 0 Å². The number of benzene rings is 4. The number of ether oxygens (including phenoxy) is 1. The standard InChI is InChI=1S/C26H24N4O/c1-26(2,3)31-24-18-13-19-9-7-8-12-23(19)25(24)30-29-22-16-14-21(15-17-22)28-27-20-10-5-4-6-11-20/h4-18H,1-3H3. The summed E-state index contributed by atoms with van der Waals surface area (Å²) in [5.41, 5.74) is 2.69. The molecular weight excluding hydrogens is 384 g/mol. The third-order valence-corrected chi connectivity index (χ3v) is 4.43. The van der Waals surface area contributed by atoms with Crippen LogP contribution in [0.1, 0.15) is 20.8 Å². The molecule has 5 heteroatoms. The number of nitrogens with zero attached hydrogens (tertiary/aromatic N) is 4. The monoisotopic (exact) mass is 408 g/mol. The second-order valence-corrected chi connectivity index (χ2v) is 8.10. The molecule has 0 aromatic heterocycles. The number of fused-ring (bicyclic) bond motifs is 1. The second kappa shape index (κ2) is 8.88. The SMILES string of the molecule is CC(C)(C)Oc1ccc2ccccc2c1N=Nc1ccc(N=Nc2ccccc2)cc1. The first-order valence-corrected chi connectivity index (χ1v) is 10.2. The summed E-state index contributed by atoms with van der Waals surface area (Å²) in [6.45, 7) is 6.06. The maximum atomic E-state index is 6.14. The minimum absolute atomic E-state index is 0.335. The van der Waals surface area contributed by atoms with Crippen LogP contribution in [0.25, 0.3) is 10.8 Å². The molecule has 4 aromatic rings. The van der Waals surface area contributed by atoms with Crippen LogP contribution in [-0.4, -0.2) is 5.60 Å². The molecule has 0 radical (unpaired) electrons. The van der Waals surface area contributed by atoms with Crippen molar-refractivity contribution in [2.45, 2.75) is 26.4 Å². The van der Waals surface area contributed by atoms with Gasteiger partial charge < -0.3 is 4.74 Å². The molecule has 0 unspecified atom stereocenters. The fourth-order valence-electron chi connectivity index (χ4n) is 3.05. The van der Waals surface area contributed by atoms with Crippen molar-refractivity contribution in [2.24, 2.45) is 20.5 Å². The van der Waals surface area contributed by atoms with Gasteiger partial charge in [0.1, 0.15) is 17.0 Å². The van der Waals surface area contributed by atoms with E-state index in [0.717, 1.165) is 33.5 Å². The normalized spacial score (nSPS) is 12.1. The predicted molar refractivity (Wildman–Crippen MR) is 126 cm³/mol. The lowest BCUT2D eigenvalue weighted by Crippen LogP contribution is -2.22. The molecule has 0 saturated carbocycles. The summed E-state index contributed by atoms with van der Waals surface area (Å²) in [5.74, 6) is 0.711. The number of azo groups is 2. The quantitative estimate of drug-likeness (QED) is 0.304. The van der Waals surface area contributed by atoms with Gasteiger partial charge >= 0.3 is 0 Å². The maximum absolute atomic E-state index is 6.14. The molecule has 4 aromatic carbocycles. The van der Waals surface area contributed by atoms with Gasteiger partial charge in [0.25, 0.3) is 0 Å². The summed E-state index contributed by atoms with van der Waals surface area (Å²) in [5, 5.41) is 19.6. The van der Waals surface area contributed by atoms with Gasteiger partial charge in [-0.05, 0) is 68.6 Å². The van der Waals surface area contributed by atoms with Crippen molar-refractivity contribution in [1.82, 2.24) is 0 Å². The Morgan fingerprint density at radius 2 is 1.10 bits per heavy atom. The fourth-order valence-corrected chi connectivity index (χ4v) is 3.05. The molecule has 0 saturated heterocycles. The maximum Gasteiger partial charge on any atom is 0.148 e. The van der Waals surface area contributed by atoms with Crippen LogP contribution in [0.5, 0.6) is 5.75 Å². The van der Waals surface area contributed by atoms with Crippen LogP contribution in [0.4, 0.5) is 22.7 Å². The van der Waals surface area contributed by atoms with Gasteiger partial charge in [-0.1, -0.05) is 48.5 Å². The van der Waals surface area contributed by atoms with E-state index in [0.29, 0.717) is 5.75 Å². The average molecular weight is 409 g/mol. The number of rotatable bonds is 5. The van der Waals surface area contributed by atoms with Crippen LogP contribution >= 0.6 is 0 Å². The van der Waals surface area contributed by atoms with E-state index >= 15 is 0 Å². The van der Waals surface area contributed by atoms with E-state index in [2.05, 4.69) is 26.5 Å². The largest absolute Gasteiger partial charge is 0.486 e. The van der Waals surface area contributed by atoms with Crippen LogP contribution < -0.4 is 4.74 Å². The van der Waals surface area contributed by atoms with Gasteiger partial charge in [0.05, 0.1) is 17.1 Å². The molecule has 4 rings (SSSR count). The highest BCUT2D eigenvalue weighted by Crippen LogP contribution is 2.38. The van der Waals surface area contributed by atoms with Crippen LogP contribution in [0.3, 0.4) is 0 Å². The zero-order chi connectivity index (χ0) is 21.7. The Labute approximate surface area is 182 Å². The first kappa shape index (κ1) is 20.4. The van der Waals surface area contributed by atoms with E-state index in [4.69, 9.17) is 4.74 Å². The third-order valence-electron chi connectivity index (χ3n) is 4.43. The molecule has 154 valence electrons. The van der Waals surface area contributed by atoms with Gasteiger partial charge in [-0.3, -0.25) is 0 Å². The molecule has 5 nitrogen and oxygen atoms in total. The van der Waals surface area contributed by atoms with Crippen molar-refractivity contribution < 1.29 is 4.74 Å². The molecule has 0 amide bonds. The molecule has 0 bridgehead atoms. The first-order valence-electron chi connectivity index (χ1n) is 10.2. The summed E-state index contributed by atoms with van der Waals surface area (Å²) >= 11 is 0. The Hall–Kier alpha value is -3.86. The first-order chi connectivity index (χ1) is 15.0. The van der Waals surface area contributed by atoms with Crippen LogP contribution in [-0.2, 0) is 0 Å². The molecule has 31 heavy (non-hydrogen) atoms. The smallest absolute Gasteiger partial charge is 0.148 e. The molecular formula is C26H24N4O. The zero-order valence-corrected chi connectivity index (χ0v) is 17.9. The van der Waals surface area contributed by atoms with Gasteiger partial charge in [0, 0.05) is 5.39 Å². The summed E-state index contributed by atoms with van der Waals surface area (Å²) < 4.78 is 6.14. The average Bonchev–Trinajstić information content (AvgIpc) is 2.77. The number of hydrogen-bond acceptors (Lipinski definition) is 5. The Balaban J connectivity index is 1.60. The lowest BCUT2D eigenvalue weighted by molar-refractivity contribution is 0.132. The van der Waals surface area contributed by atoms with E-state index in [1.165, 1.54) is 0 Å². The highest BCUT2D eigenvalue weighted by Gasteiger charge is 2.16. The van der Waals surface area contributed by atoms with Crippen molar-refractivity contribution >= 4 is 33.5 Å². The van der Waals surface area contributed by atoms with E-state index in [1.807, 2.05) is 106 Å². The van der Waals surface area contributed by atoms with E-state index in [1.54, 1.807) is 0 Å². The van der Waals surface area contributed by atoms with Gasteiger partial charge in [0.2, 0.25) is 0 Å². The topological polar surface area (TPSA) is 58.7 Å². The molecule has 0 aliphatic carbocycles. The van der Waals surface area contributed by atoms with Crippen LogP contribution in [0, 0.1) is 0 Å². The highest BCUT2D eigenvalue weighted by molar-refractivity contribution is 5.95. The summed E-state index contributed by atoms with van der Waals surface area (Å²) in [6.07, 6.45) is 0.